The number of ketones is 1. The number of Topliss-reactive ketones (excluding diaryl/α,β-unsaturated/α-hetero) is 1. The van der Waals surface area contributed by atoms with E-state index in [0.29, 0.717) is 12.2 Å². The summed E-state index contributed by atoms with van der Waals surface area (Å²) in [4.78, 5) is 15.6. The van der Waals surface area contributed by atoms with Crippen LogP contribution in [0.3, 0.4) is 0 Å². The van der Waals surface area contributed by atoms with Crippen molar-refractivity contribution in [2.45, 2.75) is 45.6 Å². The lowest BCUT2D eigenvalue weighted by atomic mass is 9.61. The minimum absolute atomic E-state index is 0.0515. The summed E-state index contributed by atoms with van der Waals surface area (Å²) in [5.74, 6) is 0.644. The van der Waals surface area contributed by atoms with Crippen LogP contribution in [0.1, 0.15) is 49.3 Å². The molecule has 0 N–H and O–H groups in total. The summed E-state index contributed by atoms with van der Waals surface area (Å²) in [6, 6.07) is 17.7. The fourth-order valence-corrected chi connectivity index (χ4v) is 4.96. The fraction of sp³-hybridized carbons (Fsp3) is 0.435. The van der Waals surface area contributed by atoms with Gasteiger partial charge in [0.15, 0.2) is 0 Å². The third kappa shape index (κ3) is 2.68. The molecule has 1 saturated carbocycles. The lowest BCUT2D eigenvalue weighted by Crippen LogP contribution is -2.54. The van der Waals surface area contributed by atoms with Gasteiger partial charge in [-0.15, -0.1) is 0 Å². The van der Waals surface area contributed by atoms with Crippen LogP contribution in [0.4, 0.5) is 5.69 Å². The van der Waals surface area contributed by atoms with Crippen LogP contribution in [0, 0.1) is 18.3 Å². The molecule has 130 valence electrons. The van der Waals surface area contributed by atoms with E-state index in [1.54, 1.807) is 0 Å². The van der Waals surface area contributed by atoms with E-state index in [2.05, 4.69) is 81.2 Å². The summed E-state index contributed by atoms with van der Waals surface area (Å²) in [5.41, 5.74) is 5.19. The molecule has 2 nitrogen and oxygen atoms in total. The van der Waals surface area contributed by atoms with Gasteiger partial charge in [0, 0.05) is 37.0 Å². The molecule has 2 heteroatoms. The van der Waals surface area contributed by atoms with Crippen molar-refractivity contribution in [1.29, 1.82) is 0 Å². The standard InChI is InChI=1S/C23H27NO/c1-15-9-11-16(12-10-15)21-17-7-5-6-8-18(17)24(4)19-13-23(2,3)14-20(25)22(19)21/h5-12,19,21-22H,13-14H2,1-4H3. The van der Waals surface area contributed by atoms with E-state index in [9.17, 15) is 4.79 Å². The van der Waals surface area contributed by atoms with Crippen molar-refractivity contribution in [3.8, 4) is 0 Å². The lowest BCUT2D eigenvalue weighted by molar-refractivity contribution is -0.129. The molecule has 1 fully saturated rings. The second-order valence-electron chi connectivity index (χ2n) is 8.66. The van der Waals surface area contributed by atoms with E-state index in [0.717, 1.165) is 6.42 Å². The van der Waals surface area contributed by atoms with Crippen LogP contribution in [0.2, 0.25) is 0 Å². The Labute approximate surface area is 150 Å². The molecule has 2 aromatic rings. The van der Waals surface area contributed by atoms with Crippen LogP contribution in [0.25, 0.3) is 0 Å². The first-order chi connectivity index (χ1) is 11.9. The van der Waals surface area contributed by atoms with Crippen molar-refractivity contribution in [2.75, 3.05) is 11.9 Å². The maximum Gasteiger partial charge on any atom is 0.139 e. The van der Waals surface area contributed by atoms with Gasteiger partial charge in [-0.1, -0.05) is 61.9 Å². The van der Waals surface area contributed by atoms with Crippen LogP contribution in [-0.4, -0.2) is 18.9 Å². The second kappa shape index (κ2) is 5.72. The van der Waals surface area contributed by atoms with Gasteiger partial charge in [-0.2, -0.15) is 0 Å². The molecule has 0 bridgehead atoms. The molecule has 4 rings (SSSR count). The SMILES string of the molecule is Cc1ccc(C2c3ccccc3N(C)C3CC(C)(C)CC(=O)C23)cc1. The summed E-state index contributed by atoms with van der Waals surface area (Å²) in [6.07, 6.45) is 1.75. The molecule has 0 saturated heterocycles. The van der Waals surface area contributed by atoms with Crippen LogP contribution < -0.4 is 4.90 Å². The molecule has 3 atom stereocenters. The van der Waals surface area contributed by atoms with Gasteiger partial charge in [0.25, 0.3) is 0 Å². The van der Waals surface area contributed by atoms with E-state index in [1.807, 2.05) is 0 Å². The van der Waals surface area contributed by atoms with E-state index >= 15 is 0 Å². The average Bonchev–Trinajstić information content (AvgIpc) is 2.57. The number of fused-ring (bicyclic) bond motifs is 2. The zero-order chi connectivity index (χ0) is 17.8. The maximum absolute atomic E-state index is 13.2. The van der Waals surface area contributed by atoms with Gasteiger partial charge >= 0.3 is 0 Å². The Balaban J connectivity index is 1.89. The first-order valence-corrected chi connectivity index (χ1v) is 9.28. The Morgan fingerprint density at radius 1 is 1.04 bits per heavy atom. The van der Waals surface area contributed by atoms with Crippen LogP contribution in [0.15, 0.2) is 48.5 Å². The van der Waals surface area contributed by atoms with E-state index in [-0.39, 0.29) is 23.3 Å². The van der Waals surface area contributed by atoms with Gasteiger partial charge in [0.2, 0.25) is 0 Å². The highest BCUT2D eigenvalue weighted by Gasteiger charge is 2.49. The van der Waals surface area contributed by atoms with Gasteiger partial charge < -0.3 is 4.90 Å². The van der Waals surface area contributed by atoms with Crippen molar-refractivity contribution in [1.82, 2.24) is 0 Å². The molecule has 25 heavy (non-hydrogen) atoms. The fourth-order valence-electron chi connectivity index (χ4n) is 4.96. The number of aryl methyl sites for hydroxylation is 1. The Morgan fingerprint density at radius 3 is 2.44 bits per heavy atom. The van der Waals surface area contributed by atoms with Crippen molar-refractivity contribution in [2.24, 2.45) is 11.3 Å². The Hall–Kier alpha value is -2.09. The van der Waals surface area contributed by atoms with Gasteiger partial charge in [-0.3, -0.25) is 4.79 Å². The molecule has 3 unspecified atom stereocenters. The van der Waals surface area contributed by atoms with E-state index < -0.39 is 0 Å². The molecule has 0 radical (unpaired) electrons. The molecular formula is C23H27NO. The van der Waals surface area contributed by atoms with E-state index in [1.165, 1.54) is 22.4 Å². The summed E-state index contributed by atoms with van der Waals surface area (Å²) < 4.78 is 0. The van der Waals surface area contributed by atoms with E-state index in [4.69, 9.17) is 0 Å². The van der Waals surface area contributed by atoms with Crippen LogP contribution in [-0.2, 0) is 4.79 Å². The number of rotatable bonds is 1. The third-order valence-electron chi connectivity index (χ3n) is 6.15. The Kier molecular flexibility index (Phi) is 3.75. The number of anilines is 1. The molecule has 0 amide bonds. The number of carbonyl (C=O) groups excluding carboxylic acids is 1. The summed E-state index contributed by atoms with van der Waals surface area (Å²) in [7, 11) is 2.16. The highest BCUT2D eigenvalue weighted by atomic mass is 16.1. The lowest BCUT2D eigenvalue weighted by Gasteiger charge is -2.51. The van der Waals surface area contributed by atoms with Gasteiger partial charge in [0.1, 0.15) is 5.78 Å². The first kappa shape index (κ1) is 16.4. The molecule has 1 aliphatic heterocycles. The summed E-state index contributed by atoms with van der Waals surface area (Å²) in [6.45, 7) is 6.58. The number of hydrogen-bond acceptors (Lipinski definition) is 2. The zero-order valence-electron chi connectivity index (χ0n) is 15.6. The van der Waals surface area contributed by atoms with Crippen molar-refractivity contribution >= 4 is 11.5 Å². The third-order valence-corrected chi connectivity index (χ3v) is 6.15. The number of hydrogen-bond donors (Lipinski definition) is 0. The maximum atomic E-state index is 13.2. The average molecular weight is 333 g/mol. The smallest absolute Gasteiger partial charge is 0.139 e. The molecule has 0 aromatic heterocycles. The molecule has 0 spiro atoms. The van der Waals surface area contributed by atoms with Crippen LogP contribution >= 0.6 is 0 Å². The highest BCUT2D eigenvalue weighted by Crippen LogP contribution is 2.51. The monoisotopic (exact) mass is 333 g/mol. The number of nitrogens with zero attached hydrogens (tertiary/aromatic N) is 1. The topological polar surface area (TPSA) is 20.3 Å². The van der Waals surface area contributed by atoms with Crippen molar-refractivity contribution < 1.29 is 4.79 Å². The summed E-state index contributed by atoms with van der Waals surface area (Å²) >= 11 is 0. The highest BCUT2D eigenvalue weighted by molar-refractivity contribution is 5.87. The minimum Gasteiger partial charge on any atom is -0.371 e. The minimum atomic E-state index is 0.0515. The molecule has 2 aromatic carbocycles. The van der Waals surface area contributed by atoms with Crippen LogP contribution in [0.5, 0.6) is 0 Å². The number of para-hydroxylation sites is 1. The normalized spacial score (nSPS) is 27.6. The first-order valence-electron chi connectivity index (χ1n) is 9.28. The van der Waals surface area contributed by atoms with Crippen molar-refractivity contribution in [3.63, 3.8) is 0 Å². The largest absolute Gasteiger partial charge is 0.371 e. The zero-order valence-corrected chi connectivity index (χ0v) is 15.6. The Morgan fingerprint density at radius 2 is 1.72 bits per heavy atom. The number of carbonyl (C=O) groups is 1. The molecule has 2 aliphatic rings. The molecular weight excluding hydrogens is 306 g/mol. The second-order valence-corrected chi connectivity index (χ2v) is 8.66. The van der Waals surface area contributed by atoms with Gasteiger partial charge in [-0.25, -0.2) is 0 Å². The molecule has 1 heterocycles. The summed E-state index contributed by atoms with van der Waals surface area (Å²) in [5, 5.41) is 0. The Bertz CT molecular complexity index is 805. The number of benzene rings is 2. The molecule has 1 aliphatic carbocycles. The predicted octanol–water partition coefficient (Wildman–Crippen LogP) is 4.95. The van der Waals surface area contributed by atoms with Crippen molar-refractivity contribution in [3.05, 3.63) is 65.2 Å². The predicted molar refractivity (Wildman–Crippen MR) is 103 cm³/mol. The quantitative estimate of drug-likeness (QED) is 0.736. The van der Waals surface area contributed by atoms with Gasteiger partial charge in [0.05, 0.1) is 0 Å². The van der Waals surface area contributed by atoms with Gasteiger partial charge in [-0.05, 0) is 36.0 Å².